The van der Waals surface area contributed by atoms with E-state index in [1.807, 2.05) is 12.1 Å². The molecule has 1 aliphatic rings. The van der Waals surface area contributed by atoms with Gasteiger partial charge in [0, 0.05) is 16.1 Å². The van der Waals surface area contributed by atoms with Crippen LogP contribution < -0.4 is 0 Å². The summed E-state index contributed by atoms with van der Waals surface area (Å²) in [6.07, 6.45) is 1.55. The highest BCUT2D eigenvalue weighted by atomic mass is 79.9. The number of carbonyl (C=O) groups is 2. The number of carboxylic acids is 1. The van der Waals surface area contributed by atoms with Crippen LogP contribution >= 0.6 is 51.5 Å². The lowest BCUT2D eigenvalue weighted by Crippen LogP contribution is -2.33. The molecule has 1 aromatic carbocycles. The van der Waals surface area contributed by atoms with E-state index >= 15 is 0 Å². The molecule has 3 rings (SSSR count). The maximum Gasteiger partial charge on any atom is 0.323 e. The van der Waals surface area contributed by atoms with Crippen molar-refractivity contribution in [1.29, 1.82) is 0 Å². The number of aliphatic carboxylic acids is 1. The molecule has 1 saturated heterocycles. The molecule has 128 valence electrons. The van der Waals surface area contributed by atoms with Gasteiger partial charge in [0.05, 0.1) is 9.93 Å². The lowest BCUT2D eigenvalue weighted by Gasteiger charge is -2.09. The molecule has 5 nitrogen and oxygen atoms in total. The van der Waals surface area contributed by atoms with Crippen LogP contribution in [-0.2, 0) is 9.59 Å². The van der Waals surface area contributed by atoms with Gasteiger partial charge >= 0.3 is 5.97 Å². The SMILES string of the molecule is O=C(O)CN1C(=O)C(=Cc2ccc(-c3ccc(Br)c(Cl)c3)o2)SC1=S. The lowest BCUT2D eigenvalue weighted by atomic mass is 10.2. The number of amides is 1. The second-order valence-electron chi connectivity index (χ2n) is 4.99. The Labute approximate surface area is 165 Å². The molecule has 0 radical (unpaired) electrons. The highest BCUT2D eigenvalue weighted by Crippen LogP contribution is 2.34. The minimum absolute atomic E-state index is 0.213. The maximum atomic E-state index is 12.2. The van der Waals surface area contributed by atoms with Gasteiger partial charge in [0.25, 0.3) is 5.91 Å². The first kappa shape index (κ1) is 18.2. The molecule has 1 aromatic heterocycles. The van der Waals surface area contributed by atoms with Crippen LogP contribution in [-0.4, -0.2) is 32.7 Å². The molecule has 0 bridgehead atoms. The number of thiocarbonyl (C=S) groups is 1. The van der Waals surface area contributed by atoms with Gasteiger partial charge in [-0.15, -0.1) is 0 Å². The average molecular weight is 459 g/mol. The van der Waals surface area contributed by atoms with Gasteiger partial charge in [-0.3, -0.25) is 14.5 Å². The molecule has 0 saturated carbocycles. The van der Waals surface area contributed by atoms with E-state index in [2.05, 4.69) is 15.9 Å². The fraction of sp³-hybridized carbons (Fsp3) is 0.0625. The van der Waals surface area contributed by atoms with Gasteiger partial charge in [0.15, 0.2) is 0 Å². The van der Waals surface area contributed by atoms with Crippen LogP contribution in [0.4, 0.5) is 0 Å². The molecule has 0 aliphatic carbocycles. The van der Waals surface area contributed by atoms with Crippen molar-refractivity contribution in [2.75, 3.05) is 6.54 Å². The number of hydrogen-bond acceptors (Lipinski definition) is 5. The summed E-state index contributed by atoms with van der Waals surface area (Å²) in [5.74, 6) is -0.501. The van der Waals surface area contributed by atoms with Gasteiger partial charge in [-0.2, -0.15) is 0 Å². The number of nitrogens with zero attached hydrogens (tertiary/aromatic N) is 1. The van der Waals surface area contributed by atoms with Crippen molar-refractivity contribution in [3.05, 3.63) is 50.5 Å². The summed E-state index contributed by atoms with van der Waals surface area (Å²) in [6, 6.07) is 8.92. The number of carboxylic acid groups (broad SMARTS) is 1. The zero-order chi connectivity index (χ0) is 18.1. The summed E-state index contributed by atoms with van der Waals surface area (Å²) in [6.45, 7) is -0.456. The van der Waals surface area contributed by atoms with Crippen molar-refractivity contribution < 1.29 is 19.1 Å². The Morgan fingerprint density at radius 2 is 2.16 bits per heavy atom. The molecule has 9 heteroatoms. The third-order valence-electron chi connectivity index (χ3n) is 3.27. The summed E-state index contributed by atoms with van der Waals surface area (Å²) in [7, 11) is 0. The van der Waals surface area contributed by atoms with Crippen molar-refractivity contribution in [2.24, 2.45) is 0 Å². The van der Waals surface area contributed by atoms with Crippen molar-refractivity contribution in [3.63, 3.8) is 0 Å². The van der Waals surface area contributed by atoms with E-state index in [1.165, 1.54) is 0 Å². The monoisotopic (exact) mass is 457 g/mol. The Kier molecular flexibility index (Phi) is 5.33. The van der Waals surface area contributed by atoms with Crippen LogP contribution in [0.25, 0.3) is 17.4 Å². The molecule has 2 heterocycles. The van der Waals surface area contributed by atoms with Gasteiger partial charge in [0.1, 0.15) is 22.4 Å². The molecule has 25 heavy (non-hydrogen) atoms. The number of thioether (sulfide) groups is 1. The summed E-state index contributed by atoms with van der Waals surface area (Å²) in [4.78, 5) is 24.4. The standard InChI is InChI=1S/C16H9BrClNO4S2/c17-10-3-1-8(5-11(10)18)12-4-2-9(23-12)6-13-15(22)19(7-14(20)21)16(24)25-13/h1-6H,7H2,(H,20,21). The summed E-state index contributed by atoms with van der Waals surface area (Å²) in [5.41, 5.74) is 0.797. The molecule has 1 N–H and O–H groups in total. The molecular formula is C16H9BrClNO4S2. The smallest absolute Gasteiger partial charge is 0.323 e. The average Bonchev–Trinajstić information content (AvgIpc) is 3.11. The van der Waals surface area contributed by atoms with Crippen LogP contribution in [0, 0.1) is 0 Å². The lowest BCUT2D eigenvalue weighted by molar-refractivity contribution is -0.140. The zero-order valence-corrected chi connectivity index (χ0v) is 16.3. The normalized spacial score (nSPS) is 16.1. The number of furan rings is 1. The third-order valence-corrected chi connectivity index (χ3v) is 5.88. The van der Waals surface area contributed by atoms with Crippen LogP contribution in [0.1, 0.15) is 5.76 Å². The molecule has 2 aromatic rings. The number of carbonyl (C=O) groups excluding carboxylic acids is 1. The first-order chi connectivity index (χ1) is 11.8. The largest absolute Gasteiger partial charge is 0.480 e. The molecule has 0 spiro atoms. The summed E-state index contributed by atoms with van der Waals surface area (Å²) in [5, 5.41) is 9.40. The van der Waals surface area contributed by atoms with Crippen molar-refractivity contribution >= 4 is 73.8 Å². The maximum absolute atomic E-state index is 12.2. The van der Waals surface area contributed by atoms with Crippen LogP contribution in [0.5, 0.6) is 0 Å². The number of halogens is 2. The van der Waals surface area contributed by atoms with Gasteiger partial charge in [-0.25, -0.2) is 0 Å². The zero-order valence-electron chi connectivity index (χ0n) is 12.4. The van der Waals surface area contributed by atoms with E-state index in [0.717, 1.165) is 26.7 Å². The molecule has 1 fully saturated rings. The van der Waals surface area contributed by atoms with Crippen LogP contribution in [0.3, 0.4) is 0 Å². The van der Waals surface area contributed by atoms with E-state index in [1.54, 1.807) is 24.3 Å². The van der Waals surface area contributed by atoms with Crippen LogP contribution in [0.2, 0.25) is 5.02 Å². The first-order valence-corrected chi connectivity index (χ1v) is 9.27. The van der Waals surface area contributed by atoms with Gasteiger partial charge in [0.2, 0.25) is 0 Å². The van der Waals surface area contributed by atoms with Crippen molar-refractivity contribution in [2.45, 2.75) is 0 Å². The van der Waals surface area contributed by atoms with E-state index in [-0.39, 0.29) is 4.32 Å². The van der Waals surface area contributed by atoms with Gasteiger partial charge < -0.3 is 9.52 Å². The Morgan fingerprint density at radius 1 is 1.40 bits per heavy atom. The Bertz CT molecular complexity index is 925. The van der Waals surface area contributed by atoms with Crippen molar-refractivity contribution in [3.8, 4) is 11.3 Å². The minimum Gasteiger partial charge on any atom is -0.480 e. The van der Waals surface area contributed by atoms with Gasteiger partial charge in [-0.05, 0) is 40.2 Å². The fourth-order valence-corrected chi connectivity index (χ4v) is 3.80. The number of hydrogen-bond donors (Lipinski definition) is 1. The molecule has 0 atom stereocenters. The van der Waals surface area contributed by atoms with E-state index < -0.39 is 18.4 Å². The topological polar surface area (TPSA) is 70.8 Å². The Balaban J connectivity index is 1.84. The molecule has 1 amide bonds. The van der Waals surface area contributed by atoms with Crippen molar-refractivity contribution in [1.82, 2.24) is 4.90 Å². The van der Waals surface area contributed by atoms with E-state index in [4.69, 9.17) is 33.3 Å². The second-order valence-corrected chi connectivity index (χ2v) is 7.93. The quantitative estimate of drug-likeness (QED) is 0.531. The fourth-order valence-electron chi connectivity index (χ4n) is 2.14. The highest BCUT2D eigenvalue weighted by molar-refractivity contribution is 9.10. The van der Waals surface area contributed by atoms with Gasteiger partial charge in [-0.1, -0.05) is 41.6 Å². The van der Waals surface area contributed by atoms with E-state index in [9.17, 15) is 9.59 Å². The third kappa shape index (κ3) is 3.98. The minimum atomic E-state index is -1.12. The molecule has 1 aliphatic heterocycles. The predicted molar refractivity (Wildman–Crippen MR) is 104 cm³/mol. The number of rotatable bonds is 4. The predicted octanol–water partition coefficient (Wildman–Crippen LogP) is 4.65. The molecular weight excluding hydrogens is 450 g/mol. The summed E-state index contributed by atoms with van der Waals surface area (Å²) < 4.78 is 6.73. The molecule has 0 unspecified atom stereocenters. The van der Waals surface area contributed by atoms with Crippen LogP contribution in [0.15, 0.2) is 44.1 Å². The number of benzene rings is 1. The Hall–Kier alpha value is -1.61. The van der Waals surface area contributed by atoms with E-state index in [0.29, 0.717) is 21.4 Å². The first-order valence-electron chi connectivity index (χ1n) is 6.87. The Morgan fingerprint density at radius 3 is 2.84 bits per heavy atom. The highest BCUT2D eigenvalue weighted by Gasteiger charge is 2.33. The second kappa shape index (κ2) is 7.33. The summed E-state index contributed by atoms with van der Waals surface area (Å²) >= 11 is 15.5.